The van der Waals surface area contributed by atoms with E-state index in [1.165, 1.54) is 12.1 Å². The Balaban J connectivity index is 2.10. The lowest BCUT2D eigenvalue weighted by molar-refractivity contribution is 0.0846. The van der Waals surface area contributed by atoms with Crippen LogP contribution >= 0.6 is 11.6 Å². The first-order valence-corrected chi connectivity index (χ1v) is 8.60. The summed E-state index contributed by atoms with van der Waals surface area (Å²) in [5.74, 6) is -1.22. The topological polar surface area (TPSA) is 118 Å². The van der Waals surface area contributed by atoms with E-state index in [0.717, 1.165) is 11.6 Å². The molecule has 2 aromatic carbocycles. The van der Waals surface area contributed by atoms with E-state index in [0.29, 0.717) is 5.56 Å². The molecule has 2 amide bonds. The van der Waals surface area contributed by atoms with Gasteiger partial charge in [0.25, 0.3) is 11.8 Å². The predicted octanol–water partition coefficient (Wildman–Crippen LogP) is 1.37. The van der Waals surface area contributed by atoms with E-state index in [1.54, 1.807) is 24.3 Å². The number of carbonyl (C=O) groups is 2. The van der Waals surface area contributed by atoms with Crippen molar-refractivity contribution in [1.82, 2.24) is 10.9 Å². The number of rotatable bonds is 3. The summed E-state index contributed by atoms with van der Waals surface area (Å²) in [6.07, 6.45) is 0. The van der Waals surface area contributed by atoms with Gasteiger partial charge in [0.2, 0.25) is 10.0 Å². The third kappa shape index (κ3) is 4.31. The van der Waals surface area contributed by atoms with Gasteiger partial charge >= 0.3 is 0 Å². The summed E-state index contributed by atoms with van der Waals surface area (Å²) in [5, 5.41) is 4.92. The van der Waals surface area contributed by atoms with Crippen molar-refractivity contribution < 1.29 is 18.0 Å². The zero-order valence-electron chi connectivity index (χ0n) is 12.5. The average molecular weight is 368 g/mol. The van der Waals surface area contributed by atoms with Gasteiger partial charge in [-0.05, 0) is 37.3 Å². The van der Waals surface area contributed by atoms with Crippen LogP contribution in [0.25, 0.3) is 0 Å². The fourth-order valence-electron chi connectivity index (χ4n) is 1.83. The molecule has 0 radical (unpaired) electrons. The quantitative estimate of drug-likeness (QED) is 0.710. The number of sulfonamides is 1. The molecule has 24 heavy (non-hydrogen) atoms. The van der Waals surface area contributed by atoms with Crippen molar-refractivity contribution in [2.24, 2.45) is 5.14 Å². The lowest BCUT2D eigenvalue weighted by Crippen LogP contribution is -2.41. The van der Waals surface area contributed by atoms with Crippen LogP contribution in [0.4, 0.5) is 0 Å². The maximum atomic E-state index is 12.0. The molecule has 0 spiro atoms. The first-order chi connectivity index (χ1) is 11.2. The summed E-state index contributed by atoms with van der Waals surface area (Å²) in [6, 6.07) is 10.3. The molecule has 0 unspecified atom stereocenters. The number of carbonyl (C=O) groups excluding carboxylic acids is 2. The molecular formula is C15H14ClN3O4S. The van der Waals surface area contributed by atoms with E-state index in [9.17, 15) is 18.0 Å². The zero-order valence-corrected chi connectivity index (χ0v) is 14.1. The molecule has 0 heterocycles. The van der Waals surface area contributed by atoms with Crippen molar-refractivity contribution in [1.29, 1.82) is 0 Å². The summed E-state index contributed by atoms with van der Waals surface area (Å²) < 4.78 is 22.8. The summed E-state index contributed by atoms with van der Waals surface area (Å²) in [4.78, 5) is 23.6. The van der Waals surface area contributed by atoms with Crippen molar-refractivity contribution in [3.05, 3.63) is 64.2 Å². The van der Waals surface area contributed by atoms with E-state index < -0.39 is 21.8 Å². The molecular weight excluding hydrogens is 354 g/mol. The third-order valence-corrected chi connectivity index (χ3v) is 4.50. The van der Waals surface area contributed by atoms with Gasteiger partial charge in [-0.1, -0.05) is 29.3 Å². The Morgan fingerprint density at radius 2 is 1.46 bits per heavy atom. The largest absolute Gasteiger partial charge is 0.269 e. The van der Waals surface area contributed by atoms with Crippen LogP contribution in [-0.4, -0.2) is 20.2 Å². The molecule has 0 saturated carbocycles. The molecule has 0 aliphatic rings. The van der Waals surface area contributed by atoms with Gasteiger partial charge in [0.05, 0.1) is 5.02 Å². The molecule has 7 nitrogen and oxygen atoms in total. The molecule has 2 rings (SSSR count). The van der Waals surface area contributed by atoms with Gasteiger partial charge in [-0.2, -0.15) is 0 Å². The van der Waals surface area contributed by atoms with Crippen LogP contribution in [-0.2, 0) is 10.0 Å². The molecule has 126 valence electrons. The molecule has 2 aromatic rings. The number of halogens is 1. The molecule has 4 N–H and O–H groups in total. The maximum absolute atomic E-state index is 12.0. The fourth-order valence-corrected chi connectivity index (χ4v) is 2.90. The van der Waals surface area contributed by atoms with Crippen molar-refractivity contribution in [3.63, 3.8) is 0 Å². The van der Waals surface area contributed by atoms with E-state index in [1.807, 2.05) is 6.92 Å². The highest BCUT2D eigenvalue weighted by atomic mass is 35.5. The van der Waals surface area contributed by atoms with E-state index in [2.05, 4.69) is 10.9 Å². The number of aryl methyl sites for hydroxylation is 1. The predicted molar refractivity (Wildman–Crippen MR) is 88.9 cm³/mol. The monoisotopic (exact) mass is 367 g/mol. The van der Waals surface area contributed by atoms with Crippen LogP contribution in [0.1, 0.15) is 26.3 Å². The van der Waals surface area contributed by atoms with E-state index in [-0.39, 0.29) is 15.5 Å². The first-order valence-electron chi connectivity index (χ1n) is 6.68. The van der Waals surface area contributed by atoms with Gasteiger partial charge in [0, 0.05) is 11.1 Å². The number of primary sulfonamides is 1. The lowest BCUT2D eigenvalue weighted by atomic mass is 10.1. The minimum Gasteiger partial charge on any atom is -0.267 e. The van der Waals surface area contributed by atoms with Crippen LogP contribution < -0.4 is 16.0 Å². The van der Waals surface area contributed by atoms with E-state index >= 15 is 0 Å². The smallest absolute Gasteiger partial charge is 0.267 e. The molecule has 0 aliphatic heterocycles. The second kappa shape index (κ2) is 7.00. The zero-order chi connectivity index (χ0) is 17.9. The minimum atomic E-state index is -4.07. The van der Waals surface area contributed by atoms with Gasteiger partial charge in [0.1, 0.15) is 4.90 Å². The van der Waals surface area contributed by atoms with Crippen molar-refractivity contribution in [2.45, 2.75) is 11.8 Å². The molecule has 0 fully saturated rings. The van der Waals surface area contributed by atoms with Crippen LogP contribution in [0.3, 0.4) is 0 Å². The minimum absolute atomic E-state index is 0.0207. The van der Waals surface area contributed by atoms with Crippen molar-refractivity contribution in [3.8, 4) is 0 Å². The van der Waals surface area contributed by atoms with E-state index in [4.69, 9.17) is 16.7 Å². The Hall–Kier alpha value is -2.42. The van der Waals surface area contributed by atoms with Gasteiger partial charge < -0.3 is 0 Å². The van der Waals surface area contributed by atoms with Crippen LogP contribution in [0, 0.1) is 6.92 Å². The van der Waals surface area contributed by atoms with Crippen molar-refractivity contribution in [2.75, 3.05) is 0 Å². The first kappa shape index (κ1) is 17.9. The normalized spacial score (nSPS) is 11.0. The highest BCUT2D eigenvalue weighted by molar-refractivity contribution is 7.89. The number of benzene rings is 2. The summed E-state index contributed by atoms with van der Waals surface area (Å²) in [6.45, 7) is 1.88. The standard InChI is InChI=1S/C15H14ClN3O4S/c1-9-2-4-10(5-3-9)14(20)18-19-15(21)11-6-7-12(16)13(8-11)24(17,22)23/h2-8H,1H3,(H,18,20)(H,19,21)(H2,17,22,23). The summed E-state index contributed by atoms with van der Waals surface area (Å²) >= 11 is 5.75. The molecule has 0 aliphatic carbocycles. The average Bonchev–Trinajstić information content (AvgIpc) is 2.52. The Morgan fingerprint density at radius 3 is 2.00 bits per heavy atom. The number of hydrogen-bond acceptors (Lipinski definition) is 4. The number of hydrogen-bond donors (Lipinski definition) is 3. The molecule has 9 heteroatoms. The van der Waals surface area contributed by atoms with Gasteiger partial charge in [-0.25, -0.2) is 13.6 Å². The summed E-state index contributed by atoms with van der Waals surface area (Å²) in [7, 11) is -4.07. The van der Waals surface area contributed by atoms with Crippen LogP contribution in [0.15, 0.2) is 47.4 Å². The highest BCUT2D eigenvalue weighted by Gasteiger charge is 2.17. The van der Waals surface area contributed by atoms with Gasteiger partial charge in [-0.3, -0.25) is 20.4 Å². The number of nitrogens with one attached hydrogen (secondary N) is 2. The molecule has 0 saturated heterocycles. The Labute approximate surface area is 143 Å². The number of amides is 2. The Kier molecular flexibility index (Phi) is 5.23. The highest BCUT2D eigenvalue weighted by Crippen LogP contribution is 2.21. The summed E-state index contributed by atoms with van der Waals surface area (Å²) in [5.41, 5.74) is 5.77. The van der Waals surface area contributed by atoms with Crippen LogP contribution in [0.5, 0.6) is 0 Å². The second-order valence-corrected chi connectivity index (χ2v) is 6.90. The molecule has 0 bridgehead atoms. The lowest BCUT2D eigenvalue weighted by Gasteiger charge is -2.09. The second-order valence-electron chi connectivity index (χ2n) is 4.96. The van der Waals surface area contributed by atoms with Gasteiger partial charge in [0.15, 0.2) is 0 Å². The number of hydrazine groups is 1. The van der Waals surface area contributed by atoms with Gasteiger partial charge in [-0.15, -0.1) is 0 Å². The Bertz CT molecular complexity index is 895. The fraction of sp³-hybridized carbons (Fsp3) is 0.0667. The molecule has 0 atom stereocenters. The number of nitrogens with two attached hydrogens (primary N) is 1. The van der Waals surface area contributed by atoms with Crippen LogP contribution in [0.2, 0.25) is 5.02 Å². The SMILES string of the molecule is Cc1ccc(C(=O)NNC(=O)c2ccc(Cl)c(S(N)(=O)=O)c2)cc1. The third-order valence-electron chi connectivity index (χ3n) is 3.10. The molecule has 0 aromatic heterocycles. The Morgan fingerprint density at radius 1 is 0.958 bits per heavy atom. The van der Waals surface area contributed by atoms with Crippen molar-refractivity contribution >= 4 is 33.4 Å². The maximum Gasteiger partial charge on any atom is 0.269 e.